The van der Waals surface area contributed by atoms with Gasteiger partial charge in [-0.05, 0) is 41.5 Å². The summed E-state index contributed by atoms with van der Waals surface area (Å²) in [5, 5.41) is 23.0. The number of aliphatic hydroxyl groups is 1. The second-order valence-electron chi connectivity index (χ2n) is 4.52. The molecular weight excluding hydrogens is 375 g/mol. The van der Waals surface area contributed by atoms with Crippen LogP contribution in [-0.4, -0.2) is 28.1 Å². The van der Waals surface area contributed by atoms with Crippen LogP contribution in [0.2, 0.25) is 0 Å². The summed E-state index contributed by atoms with van der Waals surface area (Å²) in [5.74, 6) is -0.407. The molecule has 0 unspecified atom stereocenters. The van der Waals surface area contributed by atoms with Crippen LogP contribution >= 0.6 is 22.6 Å². The van der Waals surface area contributed by atoms with Gasteiger partial charge in [0.05, 0.1) is 22.6 Å². The van der Waals surface area contributed by atoms with Crippen LogP contribution in [0.1, 0.15) is 37.0 Å². The summed E-state index contributed by atoms with van der Waals surface area (Å²) in [5.41, 5.74) is -0.567. The first-order valence-electron chi connectivity index (χ1n) is 6.26. The van der Waals surface area contributed by atoms with Gasteiger partial charge < -0.3 is 10.4 Å². The second kappa shape index (κ2) is 6.98. The number of carbonyl (C=O) groups is 1. The van der Waals surface area contributed by atoms with Crippen LogP contribution in [0.15, 0.2) is 18.2 Å². The van der Waals surface area contributed by atoms with Crippen molar-refractivity contribution in [2.75, 3.05) is 6.61 Å². The van der Waals surface area contributed by atoms with E-state index in [0.29, 0.717) is 16.4 Å². The van der Waals surface area contributed by atoms with Crippen LogP contribution < -0.4 is 5.32 Å². The quantitative estimate of drug-likeness (QED) is 0.442. The van der Waals surface area contributed by atoms with Crippen LogP contribution in [0.3, 0.4) is 0 Å². The van der Waals surface area contributed by atoms with Crippen LogP contribution in [0.25, 0.3) is 0 Å². The highest BCUT2D eigenvalue weighted by Gasteiger charge is 2.28. The van der Waals surface area contributed by atoms with E-state index in [-0.39, 0.29) is 17.9 Å². The van der Waals surface area contributed by atoms with E-state index in [2.05, 4.69) is 5.32 Å². The number of hydrogen-bond acceptors (Lipinski definition) is 4. The molecule has 0 aliphatic carbocycles. The van der Waals surface area contributed by atoms with E-state index in [9.17, 15) is 20.0 Å². The van der Waals surface area contributed by atoms with Gasteiger partial charge in [0, 0.05) is 15.7 Å². The van der Waals surface area contributed by atoms with Crippen molar-refractivity contribution in [3.8, 4) is 0 Å². The van der Waals surface area contributed by atoms with E-state index < -0.39 is 16.4 Å². The maximum atomic E-state index is 12.3. The molecule has 0 atom stereocenters. The second-order valence-corrected chi connectivity index (χ2v) is 5.68. The zero-order valence-electron chi connectivity index (χ0n) is 11.4. The number of benzene rings is 1. The molecule has 1 aromatic rings. The maximum absolute atomic E-state index is 12.3. The Morgan fingerprint density at radius 2 is 2.05 bits per heavy atom. The van der Waals surface area contributed by atoms with Crippen molar-refractivity contribution < 1.29 is 14.8 Å². The number of nitrogens with one attached hydrogen (secondary N) is 1. The average molecular weight is 392 g/mol. The first kappa shape index (κ1) is 16.8. The molecule has 0 radical (unpaired) electrons. The summed E-state index contributed by atoms with van der Waals surface area (Å²) in [6.07, 6.45) is 1.16. The Hall–Kier alpha value is -1.22. The fourth-order valence-electron chi connectivity index (χ4n) is 1.80. The highest BCUT2D eigenvalue weighted by atomic mass is 127. The fraction of sp³-hybridized carbons (Fsp3) is 0.462. The lowest BCUT2D eigenvalue weighted by Crippen LogP contribution is -2.50. The maximum Gasteiger partial charge on any atom is 0.270 e. The average Bonchev–Trinajstić information content (AvgIpc) is 2.45. The number of carbonyl (C=O) groups excluding carboxylic acids is 1. The van der Waals surface area contributed by atoms with Gasteiger partial charge in [-0.2, -0.15) is 0 Å². The number of aliphatic hydroxyl groups excluding tert-OH is 1. The summed E-state index contributed by atoms with van der Waals surface area (Å²) in [4.78, 5) is 22.5. The number of amides is 1. The molecule has 6 nitrogen and oxygen atoms in total. The molecule has 0 aliphatic heterocycles. The van der Waals surface area contributed by atoms with E-state index in [0.717, 1.165) is 0 Å². The van der Waals surface area contributed by atoms with Gasteiger partial charge in [-0.25, -0.2) is 0 Å². The molecule has 1 rings (SSSR count). The molecule has 2 N–H and O–H groups in total. The summed E-state index contributed by atoms with van der Waals surface area (Å²) in [6, 6.07) is 4.15. The van der Waals surface area contributed by atoms with E-state index >= 15 is 0 Å². The van der Waals surface area contributed by atoms with Crippen LogP contribution in [0, 0.1) is 13.7 Å². The first-order chi connectivity index (χ1) is 9.39. The molecule has 1 aromatic carbocycles. The zero-order valence-corrected chi connectivity index (χ0v) is 13.5. The minimum Gasteiger partial charge on any atom is -0.394 e. The highest BCUT2D eigenvalue weighted by Crippen LogP contribution is 2.21. The number of halogens is 1. The smallest absolute Gasteiger partial charge is 0.270 e. The van der Waals surface area contributed by atoms with Crippen LogP contribution in [-0.2, 0) is 0 Å². The van der Waals surface area contributed by atoms with Gasteiger partial charge in [-0.3, -0.25) is 14.9 Å². The molecule has 0 heterocycles. The normalized spacial score (nSPS) is 11.2. The van der Waals surface area contributed by atoms with Gasteiger partial charge in [-0.1, -0.05) is 13.8 Å². The predicted molar refractivity (Wildman–Crippen MR) is 83.7 cm³/mol. The first-order valence-corrected chi connectivity index (χ1v) is 7.34. The van der Waals surface area contributed by atoms with Crippen LogP contribution in [0.4, 0.5) is 5.69 Å². The summed E-state index contributed by atoms with van der Waals surface area (Å²) >= 11 is 1.96. The third-order valence-corrected chi connectivity index (χ3v) is 4.38. The largest absolute Gasteiger partial charge is 0.394 e. The standard InChI is InChI=1S/C13H17IN2O4/c1-3-13(4-2,8-17)15-12(18)10-7-9(16(19)20)5-6-11(10)14/h5-7,17H,3-4,8H2,1-2H3,(H,15,18). The van der Waals surface area contributed by atoms with Gasteiger partial charge in [0.25, 0.3) is 11.6 Å². The van der Waals surface area contributed by atoms with Gasteiger partial charge in [0.1, 0.15) is 0 Å². The molecule has 0 saturated heterocycles. The minimum atomic E-state index is -0.690. The van der Waals surface area contributed by atoms with E-state index in [4.69, 9.17) is 0 Å². The zero-order chi connectivity index (χ0) is 15.3. The molecule has 0 fully saturated rings. The fourth-order valence-corrected chi connectivity index (χ4v) is 2.38. The molecule has 0 spiro atoms. The van der Waals surface area contributed by atoms with Gasteiger partial charge >= 0.3 is 0 Å². The number of rotatable bonds is 6. The lowest BCUT2D eigenvalue weighted by atomic mass is 9.93. The topological polar surface area (TPSA) is 92.5 Å². The van der Waals surface area contributed by atoms with E-state index in [1.165, 1.54) is 18.2 Å². The van der Waals surface area contributed by atoms with Crippen molar-refractivity contribution in [3.63, 3.8) is 0 Å². The Morgan fingerprint density at radius 1 is 1.45 bits per heavy atom. The third kappa shape index (κ3) is 3.66. The number of nitro benzene ring substituents is 1. The van der Waals surface area contributed by atoms with Crippen molar-refractivity contribution >= 4 is 34.2 Å². The number of nitrogens with zero attached hydrogens (tertiary/aromatic N) is 1. The Morgan fingerprint density at radius 3 is 2.50 bits per heavy atom. The van der Waals surface area contributed by atoms with Gasteiger partial charge in [0.15, 0.2) is 0 Å². The summed E-state index contributed by atoms with van der Waals surface area (Å²) in [6.45, 7) is 3.58. The molecule has 0 bridgehead atoms. The lowest BCUT2D eigenvalue weighted by molar-refractivity contribution is -0.384. The van der Waals surface area contributed by atoms with Crippen molar-refractivity contribution in [2.45, 2.75) is 32.2 Å². The Labute approximate surface area is 130 Å². The summed E-state index contributed by atoms with van der Waals surface area (Å²) < 4.78 is 0.629. The Bertz CT molecular complexity index is 507. The molecule has 0 aliphatic rings. The Balaban J connectivity index is 3.08. The monoisotopic (exact) mass is 392 g/mol. The number of non-ortho nitro benzene ring substituents is 1. The predicted octanol–water partition coefficient (Wildman–Crippen LogP) is 2.48. The van der Waals surface area contributed by atoms with E-state index in [1.54, 1.807) is 0 Å². The highest BCUT2D eigenvalue weighted by molar-refractivity contribution is 14.1. The summed E-state index contributed by atoms with van der Waals surface area (Å²) in [7, 11) is 0. The molecule has 20 heavy (non-hydrogen) atoms. The van der Waals surface area contributed by atoms with Crippen LogP contribution in [0.5, 0.6) is 0 Å². The molecular formula is C13H17IN2O4. The third-order valence-electron chi connectivity index (χ3n) is 3.44. The lowest BCUT2D eigenvalue weighted by Gasteiger charge is -2.30. The van der Waals surface area contributed by atoms with Crippen molar-refractivity contribution in [1.82, 2.24) is 5.32 Å². The Kier molecular flexibility index (Phi) is 5.88. The minimum absolute atomic E-state index is 0.127. The van der Waals surface area contributed by atoms with E-state index in [1.807, 2.05) is 36.4 Å². The molecule has 7 heteroatoms. The molecule has 0 saturated carbocycles. The number of hydrogen-bond donors (Lipinski definition) is 2. The number of nitro groups is 1. The van der Waals surface area contributed by atoms with Gasteiger partial charge in [0.2, 0.25) is 0 Å². The van der Waals surface area contributed by atoms with Crippen molar-refractivity contribution in [2.24, 2.45) is 0 Å². The van der Waals surface area contributed by atoms with Crippen molar-refractivity contribution in [1.29, 1.82) is 0 Å². The molecule has 1 amide bonds. The van der Waals surface area contributed by atoms with Gasteiger partial charge in [-0.15, -0.1) is 0 Å². The SMILES string of the molecule is CCC(CC)(CO)NC(=O)c1cc([N+](=O)[O-])ccc1I. The molecule has 0 aromatic heterocycles. The molecule has 110 valence electrons. The van der Waals surface area contributed by atoms with Crippen molar-refractivity contribution in [3.05, 3.63) is 37.4 Å².